The maximum absolute atomic E-state index is 14.4. The van der Waals surface area contributed by atoms with Gasteiger partial charge in [0.15, 0.2) is 0 Å². The SMILES string of the molecule is CN1CCC(c2cnc(C(=O)NC3CCC(=O)NC3=O)cc2F)CC1. The van der Waals surface area contributed by atoms with E-state index in [1.807, 2.05) is 7.05 Å². The molecule has 2 saturated heterocycles. The number of hydrogen-bond acceptors (Lipinski definition) is 5. The molecule has 1 atom stereocenters. The van der Waals surface area contributed by atoms with Crippen LogP contribution in [0.4, 0.5) is 4.39 Å². The van der Waals surface area contributed by atoms with Gasteiger partial charge in [-0.25, -0.2) is 4.39 Å². The van der Waals surface area contributed by atoms with Gasteiger partial charge in [0.05, 0.1) is 0 Å². The fourth-order valence-electron chi connectivity index (χ4n) is 3.25. The second-order valence-electron chi connectivity index (χ2n) is 6.65. The van der Waals surface area contributed by atoms with Crippen LogP contribution in [0, 0.1) is 5.82 Å². The Hall–Kier alpha value is -2.35. The molecule has 2 fully saturated rings. The van der Waals surface area contributed by atoms with Crippen LogP contribution in [0.1, 0.15) is 47.7 Å². The molecule has 0 aliphatic carbocycles. The van der Waals surface area contributed by atoms with Gasteiger partial charge in [0.2, 0.25) is 11.8 Å². The summed E-state index contributed by atoms with van der Waals surface area (Å²) in [5, 5.41) is 4.66. The van der Waals surface area contributed by atoms with Crippen molar-refractivity contribution in [3.05, 3.63) is 29.3 Å². The van der Waals surface area contributed by atoms with Gasteiger partial charge in [-0.2, -0.15) is 0 Å². The maximum Gasteiger partial charge on any atom is 0.270 e. The molecule has 8 heteroatoms. The number of rotatable bonds is 3. The van der Waals surface area contributed by atoms with Crippen LogP contribution in [0.3, 0.4) is 0 Å². The lowest BCUT2D eigenvalue weighted by molar-refractivity contribution is -0.134. The van der Waals surface area contributed by atoms with Gasteiger partial charge in [-0.1, -0.05) is 0 Å². The third-order valence-electron chi connectivity index (χ3n) is 4.82. The second kappa shape index (κ2) is 7.26. The van der Waals surface area contributed by atoms with Gasteiger partial charge in [0, 0.05) is 24.2 Å². The number of carbonyl (C=O) groups is 3. The molecule has 2 N–H and O–H groups in total. The number of amides is 3. The van der Waals surface area contributed by atoms with Crippen LogP contribution in [-0.4, -0.2) is 53.8 Å². The van der Waals surface area contributed by atoms with Gasteiger partial charge >= 0.3 is 0 Å². The number of halogens is 1. The summed E-state index contributed by atoms with van der Waals surface area (Å²) in [5.41, 5.74) is 0.463. The lowest BCUT2D eigenvalue weighted by atomic mass is 9.90. The Kier molecular flexibility index (Phi) is 5.08. The van der Waals surface area contributed by atoms with Crippen molar-refractivity contribution >= 4 is 17.7 Å². The Balaban J connectivity index is 1.66. The Morgan fingerprint density at radius 3 is 2.68 bits per heavy atom. The molecular formula is C17H21FN4O3. The van der Waals surface area contributed by atoms with Gasteiger partial charge in [-0.15, -0.1) is 0 Å². The average molecular weight is 348 g/mol. The zero-order chi connectivity index (χ0) is 18.0. The van der Waals surface area contributed by atoms with Crippen LogP contribution in [0.2, 0.25) is 0 Å². The average Bonchev–Trinajstić information content (AvgIpc) is 2.58. The molecule has 0 saturated carbocycles. The summed E-state index contributed by atoms with van der Waals surface area (Å²) in [4.78, 5) is 41.3. The lowest BCUT2D eigenvalue weighted by Gasteiger charge is -2.29. The van der Waals surface area contributed by atoms with Gasteiger partial charge in [0.25, 0.3) is 5.91 Å². The van der Waals surface area contributed by atoms with Crippen LogP contribution in [0.5, 0.6) is 0 Å². The minimum atomic E-state index is -0.802. The largest absolute Gasteiger partial charge is 0.339 e. The van der Waals surface area contributed by atoms with E-state index in [2.05, 4.69) is 20.5 Å². The van der Waals surface area contributed by atoms with E-state index in [1.54, 1.807) is 0 Å². The van der Waals surface area contributed by atoms with Crippen LogP contribution in [-0.2, 0) is 9.59 Å². The van der Waals surface area contributed by atoms with E-state index >= 15 is 0 Å². The third kappa shape index (κ3) is 4.01. The van der Waals surface area contributed by atoms with Crippen molar-refractivity contribution in [2.75, 3.05) is 20.1 Å². The van der Waals surface area contributed by atoms with Crippen LogP contribution < -0.4 is 10.6 Å². The molecule has 3 heterocycles. The number of imide groups is 1. The Morgan fingerprint density at radius 2 is 2.04 bits per heavy atom. The zero-order valence-electron chi connectivity index (χ0n) is 14.0. The summed E-state index contributed by atoms with van der Waals surface area (Å²) < 4.78 is 14.4. The number of likely N-dealkylation sites (tertiary alicyclic amines) is 1. The van der Waals surface area contributed by atoms with Crippen molar-refractivity contribution < 1.29 is 18.8 Å². The van der Waals surface area contributed by atoms with E-state index in [9.17, 15) is 18.8 Å². The summed E-state index contributed by atoms with van der Waals surface area (Å²) >= 11 is 0. The summed E-state index contributed by atoms with van der Waals surface area (Å²) in [6, 6.07) is 0.318. The molecule has 2 aliphatic heterocycles. The molecule has 134 valence electrons. The molecule has 3 rings (SSSR count). The third-order valence-corrected chi connectivity index (χ3v) is 4.82. The minimum absolute atomic E-state index is 0.0705. The molecule has 25 heavy (non-hydrogen) atoms. The van der Waals surface area contributed by atoms with E-state index in [-0.39, 0.29) is 30.4 Å². The van der Waals surface area contributed by atoms with Crippen LogP contribution >= 0.6 is 0 Å². The fraction of sp³-hybridized carbons (Fsp3) is 0.529. The van der Waals surface area contributed by atoms with E-state index in [0.717, 1.165) is 32.0 Å². The molecule has 0 spiro atoms. The first-order chi connectivity index (χ1) is 11.9. The molecular weight excluding hydrogens is 327 g/mol. The number of aromatic nitrogens is 1. The first kappa shape index (κ1) is 17.5. The highest BCUT2D eigenvalue weighted by Gasteiger charge is 2.29. The molecule has 2 aliphatic rings. The molecule has 0 aromatic carbocycles. The van der Waals surface area contributed by atoms with Gasteiger partial charge < -0.3 is 10.2 Å². The van der Waals surface area contributed by atoms with Crippen molar-refractivity contribution in [1.82, 2.24) is 20.5 Å². The molecule has 0 radical (unpaired) electrons. The van der Waals surface area contributed by atoms with Gasteiger partial charge in [0.1, 0.15) is 17.6 Å². The molecule has 1 aromatic rings. The van der Waals surface area contributed by atoms with Crippen LogP contribution in [0.25, 0.3) is 0 Å². The Morgan fingerprint density at radius 1 is 1.32 bits per heavy atom. The summed E-state index contributed by atoms with van der Waals surface area (Å²) in [7, 11) is 2.03. The topological polar surface area (TPSA) is 91.4 Å². The summed E-state index contributed by atoms with van der Waals surface area (Å²) in [5.74, 6) is -1.87. The predicted molar refractivity (Wildman–Crippen MR) is 87.3 cm³/mol. The summed E-state index contributed by atoms with van der Waals surface area (Å²) in [6.45, 7) is 1.81. The highest BCUT2D eigenvalue weighted by atomic mass is 19.1. The maximum atomic E-state index is 14.4. The van der Waals surface area contributed by atoms with E-state index in [1.165, 1.54) is 6.20 Å². The Bertz CT molecular complexity index is 701. The van der Waals surface area contributed by atoms with Crippen molar-refractivity contribution in [2.24, 2.45) is 0 Å². The zero-order valence-corrected chi connectivity index (χ0v) is 14.0. The summed E-state index contributed by atoms with van der Waals surface area (Å²) in [6.07, 6.45) is 3.53. The van der Waals surface area contributed by atoms with E-state index in [0.29, 0.717) is 5.56 Å². The van der Waals surface area contributed by atoms with Crippen molar-refractivity contribution in [2.45, 2.75) is 37.6 Å². The van der Waals surface area contributed by atoms with Crippen LogP contribution in [0.15, 0.2) is 12.3 Å². The highest BCUT2D eigenvalue weighted by Crippen LogP contribution is 2.29. The van der Waals surface area contributed by atoms with Crippen molar-refractivity contribution in [3.63, 3.8) is 0 Å². The standard InChI is InChI=1S/C17H21FN4O3/c1-22-6-4-10(5-7-22)11-9-19-14(8-12(11)18)17(25)20-13-2-3-15(23)21-16(13)24/h8-10,13H,2-7H2,1H3,(H,20,25)(H,21,23,24). The Labute approximate surface area is 145 Å². The molecule has 3 amide bonds. The van der Waals surface area contributed by atoms with Gasteiger partial charge in [-0.3, -0.25) is 24.7 Å². The smallest absolute Gasteiger partial charge is 0.270 e. The van der Waals surface area contributed by atoms with Crippen molar-refractivity contribution in [1.29, 1.82) is 0 Å². The minimum Gasteiger partial charge on any atom is -0.339 e. The number of carbonyl (C=O) groups excluding carboxylic acids is 3. The van der Waals surface area contributed by atoms with E-state index in [4.69, 9.17) is 0 Å². The van der Waals surface area contributed by atoms with Crippen molar-refractivity contribution in [3.8, 4) is 0 Å². The predicted octanol–water partition coefficient (Wildman–Crippen LogP) is 0.565. The molecule has 0 bridgehead atoms. The quantitative estimate of drug-likeness (QED) is 0.779. The number of piperidine rings is 2. The van der Waals surface area contributed by atoms with Gasteiger partial charge in [-0.05, 0) is 45.3 Å². The molecule has 1 aromatic heterocycles. The number of pyridine rings is 1. The molecule has 1 unspecified atom stereocenters. The normalized spacial score (nSPS) is 22.6. The monoisotopic (exact) mass is 348 g/mol. The number of nitrogens with one attached hydrogen (secondary N) is 2. The number of nitrogens with zero attached hydrogens (tertiary/aromatic N) is 2. The lowest BCUT2D eigenvalue weighted by Crippen LogP contribution is -2.52. The fourth-order valence-corrected chi connectivity index (χ4v) is 3.25. The first-order valence-electron chi connectivity index (χ1n) is 8.42. The number of hydrogen-bond donors (Lipinski definition) is 2. The second-order valence-corrected chi connectivity index (χ2v) is 6.65. The van der Waals surface area contributed by atoms with E-state index < -0.39 is 23.7 Å². The molecule has 7 nitrogen and oxygen atoms in total. The highest BCUT2D eigenvalue weighted by molar-refractivity contribution is 6.03. The first-order valence-corrected chi connectivity index (χ1v) is 8.42.